The fourth-order valence-corrected chi connectivity index (χ4v) is 4.61. The Labute approximate surface area is 223 Å². The first-order valence-corrected chi connectivity index (χ1v) is 12.7. The van der Waals surface area contributed by atoms with E-state index in [1.54, 1.807) is 69.0 Å². The maximum Gasteiger partial charge on any atom is 0.319 e. The minimum absolute atomic E-state index is 0. The van der Waals surface area contributed by atoms with Gasteiger partial charge in [0.15, 0.2) is 11.0 Å². The number of pyridine rings is 1. The van der Waals surface area contributed by atoms with Crippen LogP contribution in [0.25, 0.3) is 11.1 Å². The van der Waals surface area contributed by atoms with E-state index in [9.17, 15) is 13.8 Å². The van der Waals surface area contributed by atoms with Crippen LogP contribution in [0.5, 0.6) is 0 Å². The number of rotatable bonds is 8. The minimum atomic E-state index is -1.54. The van der Waals surface area contributed by atoms with Gasteiger partial charge in [-0.25, -0.2) is 9.00 Å². The molecule has 10 heteroatoms. The normalized spacial score (nSPS) is 11.0. The number of hydrogen-bond acceptors (Lipinski definition) is 4. The molecular formula is C28H29N5O4S. The van der Waals surface area contributed by atoms with Crippen molar-refractivity contribution in [2.24, 2.45) is 0 Å². The quantitative estimate of drug-likeness (QED) is 0.316. The summed E-state index contributed by atoms with van der Waals surface area (Å²) in [4.78, 5) is 30.5. The molecule has 1 unspecified atom stereocenters. The van der Waals surface area contributed by atoms with Gasteiger partial charge in [0.1, 0.15) is 0 Å². The topological polar surface area (TPSA) is 135 Å². The Balaban J connectivity index is 0.00000400. The number of nitrogens with one attached hydrogen (secondary N) is 3. The van der Waals surface area contributed by atoms with E-state index in [1.165, 1.54) is 4.90 Å². The van der Waals surface area contributed by atoms with Crippen molar-refractivity contribution < 1.29 is 19.3 Å². The molecule has 1 atom stereocenters. The first kappa shape index (κ1) is 28.0. The zero-order chi connectivity index (χ0) is 26.2. The smallest absolute Gasteiger partial charge is 0.319 e. The van der Waals surface area contributed by atoms with E-state index >= 15 is 0 Å². The number of amides is 3. The Morgan fingerprint density at radius 3 is 2.21 bits per heavy atom. The standard InChI is InChI=1S/C28H27N5O3S.H2O/c1-33(2)27(34)22-11-9-21(10-12-22)25-7-3-4-8-26(25)37(36)32-24-15-13-23(14-16-24)31-28(35)30-19-20-6-5-17-29-18-20;/h3-18,32H,19H2,1-2H3,(H2,30,31,35);1H2. The zero-order valence-electron chi connectivity index (χ0n) is 21.0. The Hall–Kier alpha value is -4.54. The van der Waals surface area contributed by atoms with Crippen molar-refractivity contribution in [1.82, 2.24) is 15.2 Å². The summed E-state index contributed by atoms with van der Waals surface area (Å²) in [6.45, 7) is 0.367. The summed E-state index contributed by atoms with van der Waals surface area (Å²) in [5.41, 5.74) is 4.40. The lowest BCUT2D eigenvalue weighted by molar-refractivity contribution is 0.0827. The van der Waals surface area contributed by atoms with Gasteiger partial charge in [-0.2, -0.15) is 0 Å². The monoisotopic (exact) mass is 531 g/mol. The highest BCUT2D eigenvalue weighted by molar-refractivity contribution is 7.86. The van der Waals surface area contributed by atoms with Crippen LogP contribution < -0.4 is 15.4 Å². The molecular weight excluding hydrogens is 502 g/mol. The lowest BCUT2D eigenvalue weighted by Gasteiger charge is -2.13. The van der Waals surface area contributed by atoms with Gasteiger partial charge in [0.05, 0.1) is 4.90 Å². The van der Waals surface area contributed by atoms with E-state index in [-0.39, 0.29) is 17.4 Å². The minimum Gasteiger partial charge on any atom is -0.412 e. The molecule has 3 aromatic carbocycles. The predicted octanol–water partition coefficient (Wildman–Crippen LogP) is 4.08. The van der Waals surface area contributed by atoms with E-state index in [0.717, 1.165) is 16.7 Å². The molecule has 0 fully saturated rings. The molecule has 0 saturated heterocycles. The van der Waals surface area contributed by atoms with Gasteiger partial charge in [-0.15, -0.1) is 0 Å². The maximum atomic E-state index is 13.2. The average Bonchev–Trinajstić information content (AvgIpc) is 2.93. The van der Waals surface area contributed by atoms with Crippen molar-refractivity contribution in [1.29, 1.82) is 0 Å². The van der Waals surface area contributed by atoms with Crippen molar-refractivity contribution in [3.8, 4) is 11.1 Å². The third-order valence-corrected chi connectivity index (χ3v) is 6.64. The highest BCUT2D eigenvalue weighted by atomic mass is 32.2. The lowest BCUT2D eigenvalue weighted by atomic mass is 10.0. The van der Waals surface area contributed by atoms with Gasteiger partial charge < -0.3 is 25.7 Å². The van der Waals surface area contributed by atoms with E-state index < -0.39 is 11.0 Å². The first-order chi connectivity index (χ1) is 17.9. The van der Waals surface area contributed by atoms with Crippen LogP contribution in [-0.4, -0.2) is 45.6 Å². The largest absolute Gasteiger partial charge is 0.412 e. The van der Waals surface area contributed by atoms with Gasteiger partial charge in [0.2, 0.25) is 0 Å². The SMILES string of the molecule is CN(C)C(=O)c1ccc(-c2ccccc2S(=O)Nc2ccc(NC(=O)NCc3cccnc3)cc2)cc1.O. The fraction of sp³-hybridized carbons (Fsp3) is 0.107. The van der Waals surface area contributed by atoms with Crippen LogP contribution in [0, 0.1) is 0 Å². The highest BCUT2D eigenvalue weighted by Crippen LogP contribution is 2.27. The summed E-state index contributed by atoms with van der Waals surface area (Å²) >= 11 is 0. The highest BCUT2D eigenvalue weighted by Gasteiger charge is 2.13. The summed E-state index contributed by atoms with van der Waals surface area (Å²) in [6.07, 6.45) is 3.37. The molecule has 38 heavy (non-hydrogen) atoms. The van der Waals surface area contributed by atoms with Crippen molar-refractivity contribution in [3.05, 3.63) is 108 Å². The van der Waals surface area contributed by atoms with E-state index in [0.29, 0.717) is 28.4 Å². The Bertz CT molecular complexity index is 1400. The van der Waals surface area contributed by atoms with E-state index in [1.807, 2.05) is 42.5 Å². The van der Waals surface area contributed by atoms with Gasteiger partial charge in [-0.1, -0.05) is 36.4 Å². The average molecular weight is 532 g/mol. The van der Waals surface area contributed by atoms with Gasteiger partial charge in [0.25, 0.3) is 5.91 Å². The molecule has 3 amide bonds. The van der Waals surface area contributed by atoms with Crippen LogP contribution in [0.15, 0.2) is 102 Å². The summed E-state index contributed by atoms with van der Waals surface area (Å²) in [6, 6.07) is 25.0. The molecule has 5 N–H and O–H groups in total. The second-order valence-electron chi connectivity index (χ2n) is 8.39. The number of aromatic nitrogens is 1. The van der Waals surface area contributed by atoms with Gasteiger partial charge in [-0.3, -0.25) is 9.78 Å². The molecule has 0 spiro atoms. The van der Waals surface area contributed by atoms with Crippen molar-refractivity contribution in [3.63, 3.8) is 0 Å². The summed E-state index contributed by atoms with van der Waals surface area (Å²) in [5.74, 6) is -0.0750. The van der Waals surface area contributed by atoms with Crippen LogP contribution in [0.2, 0.25) is 0 Å². The molecule has 4 aromatic rings. The first-order valence-electron chi connectivity index (χ1n) is 11.5. The molecule has 196 valence electrons. The molecule has 0 aliphatic heterocycles. The lowest BCUT2D eigenvalue weighted by Crippen LogP contribution is -2.28. The van der Waals surface area contributed by atoms with Crippen LogP contribution in [-0.2, 0) is 17.5 Å². The molecule has 1 heterocycles. The van der Waals surface area contributed by atoms with E-state index in [4.69, 9.17) is 0 Å². The Kier molecular flexibility index (Phi) is 9.69. The molecule has 0 aliphatic carbocycles. The molecule has 0 saturated carbocycles. The van der Waals surface area contributed by atoms with Gasteiger partial charge in [-0.05, 0) is 65.2 Å². The number of carbonyl (C=O) groups excluding carboxylic acids is 2. The third kappa shape index (κ3) is 7.25. The Morgan fingerprint density at radius 1 is 0.868 bits per heavy atom. The molecule has 4 rings (SSSR count). The van der Waals surface area contributed by atoms with Crippen LogP contribution in [0.4, 0.5) is 16.2 Å². The number of urea groups is 1. The molecule has 1 aromatic heterocycles. The van der Waals surface area contributed by atoms with Gasteiger partial charge >= 0.3 is 6.03 Å². The molecule has 0 radical (unpaired) electrons. The van der Waals surface area contributed by atoms with Crippen molar-refractivity contribution in [2.45, 2.75) is 11.4 Å². The summed E-state index contributed by atoms with van der Waals surface area (Å²) in [5, 5.41) is 5.55. The zero-order valence-corrected chi connectivity index (χ0v) is 21.8. The second-order valence-corrected chi connectivity index (χ2v) is 9.57. The number of carbonyl (C=O) groups is 2. The summed E-state index contributed by atoms with van der Waals surface area (Å²) in [7, 11) is 1.88. The number of hydrogen-bond donors (Lipinski definition) is 3. The van der Waals surface area contributed by atoms with Crippen LogP contribution >= 0.6 is 0 Å². The summed E-state index contributed by atoms with van der Waals surface area (Å²) < 4.78 is 16.2. The molecule has 9 nitrogen and oxygen atoms in total. The second kappa shape index (κ2) is 13.1. The molecule has 0 bridgehead atoms. The van der Waals surface area contributed by atoms with Crippen molar-refractivity contribution >= 4 is 34.3 Å². The number of anilines is 2. The van der Waals surface area contributed by atoms with Crippen LogP contribution in [0.3, 0.4) is 0 Å². The fourth-order valence-electron chi connectivity index (χ4n) is 3.56. The molecule has 0 aliphatic rings. The number of benzene rings is 3. The van der Waals surface area contributed by atoms with Crippen molar-refractivity contribution in [2.75, 3.05) is 24.1 Å². The van der Waals surface area contributed by atoms with E-state index in [2.05, 4.69) is 20.3 Å². The number of nitrogens with zero attached hydrogens (tertiary/aromatic N) is 2. The van der Waals surface area contributed by atoms with Crippen LogP contribution in [0.1, 0.15) is 15.9 Å². The Morgan fingerprint density at radius 2 is 1.55 bits per heavy atom. The maximum absolute atomic E-state index is 13.2. The predicted molar refractivity (Wildman–Crippen MR) is 150 cm³/mol. The third-order valence-electron chi connectivity index (χ3n) is 5.47. The van der Waals surface area contributed by atoms with Gasteiger partial charge in [0, 0.05) is 50.0 Å².